The number of morpholine rings is 1. The number of benzene rings is 1. The first kappa shape index (κ1) is 15.6. The van der Waals surface area contributed by atoms with Crippen molar-refractivity contribution in [2.24, 2.45) is 0 Å². The number of nitrogens with zero attached hydrogens (tertiary/aromatic N) is 1. The van der Waals surface area contributed by atoms with Gasteiger partial charge in [-0.2, -0.15) is 0 Å². The Bertz CT molecular complexity index is 487. The molecule has 1 N–H and O–H groups in total. The first-order valence-electron chi connectivity index (χ1n) is 6.92. The van der Waals surface area contributed by atoms with Crippen molar-refractivity contribution in [3.63, 3.8) is 0 Å². The van der Waals surface area contributed by atoms with Crippen LogP contribution in [0.1, 0.15) is 5.56 Å². The molecule has 6 nitrogen and oxygen atoms in total. The van der Waals surface area contributed by atoms with Crippen molar-refractivity contribution in [1.29, 1.82) is 0 Å². The molecule has 0 radical (unpaired) electrons. The maximum Gasteiger partial charge on any atom is 0.242 e. The van der Waals surface area contributed by atoms with Crippen molar-refractivity contribution in [3.8, 4) is 11.5 Å². The summed E-state index contributed by atoms with van der Waals surface area (Å²) in [6, 6.07) is 5.31. The van der Waals surface area contributed by atoms with E-state index in [4.69, 9.17) is 14.2 Å². The first-order chi connectivity index (χ1) is 10.2. The number of hydrogen-bond donors (Lipinski definition) is 1. The van der Waals surface area contributed by atoms with Crippen LogP contribution in [0.3, 0.4) is 0 Å². The van der Waals surface area contributed by atoms with Gasteiger partial charge in [0.15, 0.2) is 0 Å². The highest BCUT2D eigenvalue weighted by molar-refractivity contribution is 5.82. The standard InChI is InChI=1S/C15H22N2O4/c1-17(15(18)13-10-21-7-6-16-13)9-11-4-5-12(19-2)8-14(11)20-3/h4-5,8,13,16H,6-7,9-10H2,1-3H3. The summed E-state index contributed by atoms with van der Waals surface area (Å²) < 4.78 is 15.9. The van der Waals surface area contributed by atoms with Gasteiger partial charge in [-0.05, 0) is 12.1 Å². The Hall–Kier alpha value is -1.79. The molecule has 1 fully saturated rings. The molecule has 1 heterocycles. The zero-order valence-corrected chi connectivity index (χ0v) is 12.7. The molecule has 0 aliphatic carbocycles. The highest BCUT2D eigenvalue weighted by Crippen LogP contribution is 2.25. The maximum atomic E-state index is 12.3. The molecule has 1 aliphatic rings. The predicted octanol–water partition coefficient (Wildman–Crippen LogP) is 0.651. The lowest BCUT2D eigenvalue weighted by molar-refractivity contribution is -0.135. The van der Waals surface area contributed by atoms with Crippen molar-refractivity contribution in [2.75, 3.05) is 41.0 Å². The van der Waals surface area contributed by atoms with Gasteiger partial charge in [0.1, 0.15) is 17.5 Å². The molecule has 1 amide bonds. The number of likely N-dealkylation sites (N-methyl/N-ethyl adjacent to an activating group) is 1. The molecule has 1 saturated heterocycles. The van der Waals surface area contributed by atoms with Gasteiger partial charge in [0, 0.05) is 31.8 Å². The van der Waals surface area contributed by atoms with E-state index in [1.807, 2.05) is 18.2 Å². The Kier molecular flexibility index (Phi) is 5.41. The third-order valence-electron chi connectivity index (χ3n) is 3.50. The van der Waals surface area contributed by atoms with Crippen LogP contribution in [0.4, 0.5) is 0 Å². The Labute approximate surface area is 125 Å². The van der Waals surface area contributed by atoms with E-state index in [0.717, 1.165) is 11.3 Å². The molecular formula is C15H22N2O4. The molecule has 116 valence electrons. The van der Waals surface area contributed by atoms with E-state index in [1.54, 1.807) is 26.2 Å². The number of ether oxygens (including phenoxy) is 3. The average molecular weight is 294 g/mol. The summed E-state index contributed by atoms with van der Waals surface area (Å²) in [6.07, 6.45) is 0. The second-order valence-electron chi connectivity index (χ2n) is 4.95. The third kappa shape index (κ3) is 3.86. The summed E-state index contributed by atoms with van der Waals surface area (Å²) in [4.78, 5) is 14.0. The molecule has 2 rings (SSSR count). The highest BCUT2D eigenvalue weighted by Gasteiger charge is 2.24. The van der Waals surface area contributed by atoms with E-state index in [-0.39, 0.29) is 11.9 Å². The number of hydrogen-bond acceptors (Lipinski definition) is 5. The molecule has 1 aromatic rings. The summed E-state index contributed by atoms with van der Waals surface area (Å²) in [5.41, 5.74) is 0.936. The molecular weight excluding hydrogens is 272 g/mol. The number of methoxy groups -OCH3 is 2. The quantitative estimate of drug-likeness (QED) is 0.864. The van der Waals surface area contributed by atoms with Gasteiger partial charge in [0.25, 0.3) is 0 Å². The van der Waals surface area contributed by atoms with Crippen LogP contribution in [0.15, 0.2) is 18.2 Å². The lowest BCUT2D eigenvalue weighted by atomic mass is 10.1. The van der Waals surface area contributed by atoms with Gasteiger partial charge in [-0.1, -0.05) is 0 Å². The lowest BCUT2D eigenvalue weighted by Crippen LogP contribution is -2.51. The number of rotatable bonds is 5. The summed E-state index contributed by atoms with van der Waals surface area (Å²) in [7, 11) is 5.00. The molecule has 1 atom stereocenters. The van der Waals surface area contributed by atoms with E-state index in [2.05, 4.69) is 5.32 Å². The number of amides is 1. The van der Waals surface area contributed by atoms with Crippen molar-refractivity contribution < 1.29 is 19.0 Å². The van der Waals surface area contributed by atoms with Crippen LogP contribution in [0.25, 0.3) is 0 Å². The van der Waals surface area contributed by atoms with Gasteiger partial charge < -0.3 is 24.4 Å². The largest absolute Gasteiger partial charge is 0.497 e. The van der Waals surface area contributed by atoms with Crippen LogP contribution in [-0.4, -0.2) is 57.9 Å². The SMILES string of the molecule is COc1ccc(CN(C)C(=O)C2COCCN2)c(OC)c1. The third-order valence-corrected chi connectivity index (χ3v) is 3.50. The fourth-order valence-corrected chi connectivity index (χ4v) is 2.31. The predicted molar refractivity (Wildman–Crippen MR) is 78.6 cm³/mol. The Morgan fingerprint density at radius 1 is 1.43 bits per heavy atom. The first-order valence-corrected chi connectivity index (χ1v) is 6.92. The molecule has 1 unspecified atom stereocenters. The normalized spacial score (nSPS) is 18.1. The Morgan fingerprint density at radius 2 is 2.24 bits per heavy atom. The fourth-order valence-electron chi connectivity index (χ4n) is 2.31. The topological polar surface area (TPSA) is 60.0 Å². The zero-order chi connectivity index (χ0) is 15.2. The molecule has 1 aliphatic heterocycles. The van der Waals surface area contributed by atoms with Crippen LogP contribution < -0.4 is 14.8 Å². The van der Waals surface area contributed by atoms with Gasteiger partial charge >= 0.3 is 0 Å². The minimum absolute atomic E-state index is 0.0209. The van der Waals surface area contributed by atoms with Gasteiger partial charge in [0.2, 0.25) is 5.91 Å². The molecule has 0 saturated carbocycles. The molecule has 0 aromatic heterocycles. The van der Waals surface area contributed by atoms with Crippen LogP contribution in [0.5, 0.6) is 11.5 Å². The lowest BCUT2D eigenvalue weighted by Gasteiger charge is -2.28. The Morgan fingerprint density at radius 3 is 2.86 bits per heavy atom. The summed E-state index contributed by atoms with van der Waals surface area (Å²) in [5.74, 6) is 1.46. The second kappa shape index (κ2) is 7.28. The van der Waals surface area contributed by atoms with Crippen molar-refractivity contribution in [2.45, 2.75) is 12.6 Å². The fraction of sp³-hybridized carbons (Fsp3) is 0.533. The van der Waals surface area contributed by atoms with Crippen LogP contribution in [0.2, 0.25) is 0 Å². The molecule has 21 heavy (non-hydrogen) atoms. The van der Waals surface area contributed by atoms with Gasteiger partial charge in [-0.3, -0.25) is 4.79 Å². The molecule has 1 aromatic carbocycles. The van der Waals surface area contributed by atoms with Gasteiger partial charge in [0.05, 0.1) is 27.4 Å². The van der Waals surface area contributed by atoms with E-state index < -0.39 is 0 Å². The minimum Gasteiger partial charge on any atom is -0.497 e. The molecule has 0 bridgehead atoms. The maximum absolute atomic E-state index is 12.3. The molecule has 0 spiro atoms. The summed E-state index contributed by atoms with van der Waals surface area (Å²) in [5, 5.41) is 3.16. The van der Waals surface area contributed by atoms with Crippen molar-refractivity contribution >= 4 is 5.91 Å². The van der Waals surface area contributed by atoms with Crippen molar-refractivity contribution in [1.82, 2.24) is 10.2 Å². The molecule has 6 heteroatoms. The van der Waals surface area contributed by atoms with Gasteiger partial charge in [-0.15, -0.1) is 0 Å². The smallest absolute Gasteiger partial charge is 0.242 e. The van der Waals surface area contributed by atoms with Crippen LogP contribution >= 0.6 is 0 Å². The average Bonchev–Trinajstić information content (AvgIpc) is 2.55. The summed E-state index contributed by atoms with van der Waals surface area (Å²) >= 11 is 0. The number of carbonyl (C=O) groups excluding carboxylic acids is 1. The highest BCUT2D eigenvalue weighted by atomic mass is 16.5. The van der Waals surface area contributed by atoms with E-state index >= 15 is 0 Å². The van der Waals surface area contributed by atoms with Crippen molar-refractivity contribution in [3.05, 3.63) is 23.8 Å². The van der Waals surface area contributed by atoms with Crippen LogP contribution in [0, 0.1) is 0 Å². The van der Waals surface area contributed by atoms with E-state index in [0.29, 0.717) is 32.1 Å². The van der Waals surface area contributed by atoms with E-state index in [1.165, 1.54) is 0 Å². The summed E-state index contributed by atoms with van der Waals surface area (Å²) in [6.45, 7) is 2.25. The Balaban J connectivity index is 2.04. The van der Waals surface area contributed by atoms with E-state index in [9.17, 15) is 4.79 Å². The second-order valence-corrected chi connectivity index (χ2v) is 4.95. The monoisotopic (exact) mass is 294 g/mol. The number of carbonyl (C=O) groups is 1. The number of nitrogens with one attached hydrogen (secondary N) is 1. The zero-order valence-electron chi connectivity index (χ0n) is 12.7. The minimum atomic E-state index is -0.270. The van der Waals surface area contributed by atoms with Gasteiger partial charge in [-0.25, -0.2) is 0 Å². The van der Waals surface area contributed by atoms with Crippen LogP contribution in [-0.2, 0) is 16.1 Å².